The van der Waals surface area contributed by atoms with Crippen molar-refractivity contribution in [3.8, 4) is 0 Å². The lowest BCUT2D eigenvalue weighted by atomic mass is 10.0. The zero-order valence-corrected chi connectivity index (χ0v) is 28.5. The normalized spacial score (nSPS) is 14.4. The van der Waals surface area contributed by atoms with E-state index in [1.54, 1.807) is 30.3 Å². The Bertz CT molecular complexity index is 1710. The molecule has 1 aliphatic rings. The molecule has 2 atom stereocenters. The molecule has 0 spiro atoms. The molecule has 0 aliphatic carbocycles. The summed E-state index contributed by atoms with van der Waals surface area (Å²) in [5.41, 5.74) is 2.77. The van der Waals surface area contributed by atoms with Crippen LogP contribution in [-0.4, -0.2) is 50.8 Å². The van der Waals surface area contributed by atoms with E-state index in [1.165, 1.54) is 0 Å². The van der Waals surface area contributed by atoms with E-state index < -0.39 is 28.0 Å². The first-order valence-corrected chi connectivity index (χ1v) is 17.7. The largest absolute Gasteiger partial charge is 0.344 e. The number of hydrogen-bond donors (Lipinski definition) is 3. The molecular weight excluding hydrogens is 632 g/mol. The van der Waals surface area contributed by atoms with Gasteiger partial charge in [0.05, 0.1) is 10.9 Å². The molecule has 4 aromatic rings. The molecule has 4 aromatic carbocycles. The molecule has 3 N–H and O–H groups in total. The zero-order valence-electron chi connectivity index (χ0n) is 26.9. The Morgan fingerprint density at radius 2 is 1.49 bits per heavy atom. The lowest BCUT2D eigenvalue weighted by molar-refractivity contribution is -0.135. The SMILES string of the molecule is CCCCNCc1ccc(CC(NC(=O)CC(NS(=O)(=O)c2ccc3ccccc3c2)c2ccccc2)C(=O)N2CCCC2)cc1.Cl. The van der Waals surface area contributed by atoms with Crippen LogP contribution in [0.5, 0.6) is 0 Å². The molecule has 2 unspecified atom stereocenters. The Balaban J connectivity index is 0.00000500. The molecule has 5 rings (SSSR count). The van der Waals surface area contributed by atoms with Gasteiger partial charge >= 0.3 is 0 Å². The van der Waals surface area contributed by atoms with Gasteiger partial charge in [0.1, 0.15) is 6.04 Å². The molecule has 250 valence electrons. The molecule has 1 heterocycles. The topological polar surface area (TPSA) is 108 Å². The third kappa shape index (κ3) is 10.1. The Kier molecular flexibility index (Phi) is 13.4. The van der Waals surface area contributed by atoms with Crippen LogP contribution >= 0.6 is 12.4 Å². The van der Waals surface area contributed by atoms with Crippen molar-refractivity contribution in [1.82, 2.24) is 20.3 Å². The van der Waals surface area contributed by atoms with E-state index in [0.717, 1.165) is 60.7 Å². The first kappa shape index (κ1) is 36.1. The fourth-order valence-corrected chi connectivity index (χ4v) is 7.12. The number of amides is 2. The highest BCUT2D eigenvalue weighted by atomic mass is 35.5. The molecule has 10 heteroatoms. The Hall–Kier alpha value is -3.76. The second-order valence-electron chi connectivity index (χ2n) is 12.0. The van der Waals surface area contributed by atoms with Crippen LogP contribution < -0.4 is 15.4 Å². The third-order valence-electron chi connectivity index (χ3n) is 8.47. The summed E-state index contributed by atoms with van der Waals surface area (Å²) in [6.45, 7) is 5.27. The van der Waals surface area contributed by atoms with E-state index in [9.17, 15) is 18.0 Å². The average Bonchev–Trinajstić information content (AvgIpc) is 3.62. The van der Waals surface area contributed by atoms with Crippen LogP contribution in [0.2, 0.25) is 0 Å². The van der Waals surface area contributed by atoms with Crippen LogP contribution in [0.1, 0.15) is 61.8 Å². The summed E-state index contributed by atoms with van der Waals surface area (Å²) >= 11 is 0. The van der Waals surface area contributed by atoms with E-state index in [1.807, 2.05) is 59.5 Å². The minimum absolute atomic E-state index is 0. The number of carbonyl (C=O) groups excluding carboxylic acids is 2. The molecular formula is C37H45ClN4O4S. The summed E-state index contributed by atoms with van der Waals surface area (Å²) < 4.78 is 30.0. The van der Waals surface area contributed by atoms with E-state index in [-0.39, 0.29) is 29.6 Å². The summed E-state index contributed by atoms with van der Waals surface area (Å²) in [6, 6.07) is 28.2. The van der Waals surface area contributed by atoms with E-state index in [0.29, 0.717) is 25.1 Å². The van der Waals surface area contributed by atoms with Gasteiger partial charge in [-0.15, -0.1) is 12.4 Å². The van der Waals surface area contributed by atoms with E-state index in [2.05, 4.69) is 34.4 Å². The average molecular weight is 677 g/mol. The number of halogens is 1. The molecule has 0 saturated carbocycles. The number of carbonyl (C=O) groups is 2. The molecule has 0 aromatic heterocycles. The van der Waals surface area contributed by atoms with Crippen molar-refractivity contribution in [2.45, 2.75) is 69.0 Å². The van der Waals surface area contributed by atoms with Crippen LogP contribution in [-0.2, 0) is 32.6 Å². The maximum absolute atomic E-state index is 13.6. The van der Waals surface area contributed by atoms with Gasteiger partial charge in [-0.25, -0.2) is 13.1 Å². The van der Waals surface area contributed by atoms with E-state index in [4.69, 9.17) is 0 Å². The van der Waals surface area contributed by atoms with Gasteiger partial charge in [0.15, 0.2) is 0 Å². The summed E-state index contributed by atoms with van der Waals surface area (Å²) in [7, 11) is -3.98. The number of rotatable bonds is 15. The van der Waals surface area contributed by atoms with Crippen LogP contribution in [0.4, 0.5) is 0 Å². The van der Waals surface area contributed by atoms with Crippen molar-refractivity contribution in [3.05, 3.63) is 114 Å². The second kappa shape index (κ2) is 17.4. The smallest absolute Gasteiger partial charge is 0.245 e. The standard InChI is InChI=1S/C37H44N4O4S.ClH/c1-2-3-21-38-27-29-17-15-28(16-18-29)24-35(37(43)41-22-9-10-23-41)39-36(42)26-34(31-12-5-4-6-13-31)40-46(44,45)33-20-19-30-11-7-8-14-32(30)25-33;/h4-8,11-20,25,34-35,38,40H,2-3,9-10,21-24,26-27H2,1H3,(H,39,42);1H. The lowest BCUT2D eigenvalue weighted by Gasteiger charge is -2.26. The number of hydrogen-bond acceptors (Lipinski definition) is 5. The van der Waals surface area contributed by atoms with Crippen molar-refractivity contribution in [1.29, 1.82) is 0 Å². The maximum atomic E-state index is 13.6. The predicted octanol–water partition coefficient (Wildman–Crippen LogP) is 5.91. The highest BCUT2D eigenvalue weighted by Crippen LogP contribution is 2.24. The molecule has 0 bridgehead atoms. The number of benzene rings is 4. The first-order chi connectivity index (χ1) is 22.3. The minimum Gasteiger partial charge on any atom is -0.344 e. The van der Waals surface area contributed by atoms with Crippen molar-refractivity contribution in [2.75, 3.05) is 19.6 Å². The summed E-state index contributed by atoms with van der Waals surface area (Å²) in [5, 5.41) is 8.17. The van der Waals surface area contributed by atoms with Crippen molar-refractivity contribution < 1.29 is 18.0 Å². The molecule has 1 saturated heterocycles. The van der Waals surface area contributed by atoms with Gasteiger partial charge < -0.3 is 15.5 Å². The highest BCUT2D eigenvalue weighted by Gasteiger charge is 2.30. The zero-order chi connectivity index (χ0) is 32.4. The van der Waals surface area contributed by atoms with Gasteiger partial charge in [0.25, 0.3) is 0 Å². The van der Waals surface area contributed by atoms with Crippen molar-refractivity contribution in [2.24, 2.45) is 0 Å². The fourth-order valence-electron chi connectivity index (χ4n) is 5.86. The summed E-state index contributed by atoms with van der Waals surface area (Å²) in [6.07, 6.45) is 4.35. The maximum Gasteiger partial charge on any atom is 0.245 e. The van der Waals surface area contributed by atoms with Crippen molar-refractivity contribution in [3.63, 3.8) is 0 Å². The molecule has 1 aliphatic heterocycles. The Morgan fingerprint density at radius 3 is 2.19 bits per heavy atom. The third-order valence-corrected chi connectivity index (χ3v) is 9.94. The van der Waals surface area contributed by atoms with Gasteiger partial charge in [-0.3, -0.25) is 9.59 Å². The van der Waals surface area contributed by atoms with Crippen LogP contribution in [0.15, 0.2) is 102 Å². The molecule has 0 radical (unpaired) electrons. The number of fused-ring (bicyclic) bond motifs is 1. The van der Waals surface area contributed by atoms with Crippen LogP contribution in [0.3, 0.4) is 0 Å². The first-order valence-electron chi connectivity index (χ1n) is 16.2. The molecule has 2 amide bonds. The van der Waals surface area contributed by atoms with Crippen LogP contribution in [0.25, 0.3) is 10.8 Å². The van der Waals surface area contributed by atoms with Gasteiger partial charge in [-0.1, -0.05) is 98.3 Å². The van der Waals surface area contributed by atoms with Gasteiger partial charge in [-0.05, 0) is 65.4 Å². The Labute approximate surface area is 284 Å². The molecule has 47 heavy (non-hydrogen) atoms. The quantitative estimate of drug-likeness (QED) is 0.136. The second-order valence-corrected chi connectivity index (χ2v) is 13.7. The lowest BCUT2D eigenvalue weighted by Crippen LogP contribution is -2.49. The number of likely N-dealkylation sites (tertiary alicyclic amines) is 1. The molecule has 1 fully saturated rings. The number of nitrogens with one attached hydrogen (secondary N) is 3. The monoisotopic (exact) mass is 676 g/mol. The Morgan fingerprint density at radius 1 is 0.830 bits per heavy atom. The van der Waals surface area contributed by atoms with Gasteiger partial charge in [-0.2, -0.15) is 0 Å². The van der Waals surface area contributed by atoms with Gasteiger partial charge in [0.2, 0.25) is 21.8 Å². The molecule has 8 nitrogen and oxygen atoms in total. The van der Waals surface area contributed by atoms with E-state index >= 15 is 0 Å². The summed E-state index contributed by atoms with van der Waals surface area (Å²) in [4.78, 5) is 29.2. The number of sulfonamides is 1. The number of unbranched alkanes of at least 4 members (excludes halogenated alkanes) is 1. The highest BCUT2D eigenvalue weighted by molar-refractivity contribution is 7.89. The van der Waals surface area contributed by atoms with Gasteiger partial charge in [0, 0.05) is 32.5 Å². The van der Waals surface area contributed by atoms with Crippen molar-refractivity contribution >= 4 is 45.0 Å². The van der Waals surface area contributed by atoms with Crippen LogP contribution in [0, 0.1) is 0 Å². The fraction of sp³-hybridized carbons (Fsp3) is 0.351. The number of nitrogens with zero attached hydrogens (tertiary/aromatic N) is 1. The predicted molar refractivity (Wildman–Crippen MR) is 190 cm³/mol. The summed E-state index contributed by atoms with van der Waals surface area (Å²) in [5.74, 6) is -0.506. The minimum atomic E-state index is -3.98.